The Hall–Kier alpha value is -2.93. The second-order valence-corrected chi connectivity index (χ2v) is 5.96. The third-order valence-corrected chi connectivity index (χ3v) is 3.92. The quantitative estimate of drug-likeness (QED) is 0.748. The lowest BCUT2D eigenvalue weighted by atomic mass is 10.2. The maximum absolute atomic E-state index is 13.1. The fraction of sp³-hybridized carbons (Fsp3) is 0.118. The monoisotopic (exact) mass is 359 g/mol. The molecule has 0 aliphatic carbocycles. The topological polar surface area (TPSA) is 85.8 Å². The number of hydrogen-bond donors (Lipinski definition) is 2. The number of anilines is 2. The summed E-state index contributed by atoms with van der Waals surface area (Å²) in [5, 5.41) is 11.1. The Labute approximate surface area is 148 Å². The number of amides is 1. The van der Waals surface area contributed by atoms with Crippen molar-refractivity contribution in [1.29, 1.82) is 0 Å². The highest BCUT2D eigenvalue weighted by Gasteiger charge is 2.18. The van der Waals surface area contributed by atoms with Crippen LogP contribution in [0.4, 0.5) is 15.9 Å². The summed E-state index contributed by atoms with van der Waals surface area (Å²) in [6.07, 6.45) is 0. The van der Waals surface area contributed by atoms with E-state index in [-0.39, 0.29) is 17.3 Å². The molecule has 1 amide bonds. The summed E-state index contributed by atoms with van der Waals surface area (Å²) in [5.74, 6) is -0.731. The maximum atomic E-state index is 13.1. The fourth-order valence-electron chi connectivity index (χ4n) is 2.31. The summed E-state index contributed by atoms with van der Waals surface area (Å²) in [7, 11) is 0. The molecule has 6 nitrogen and oxygen atoms in total. The zero-order valence-electron chi connectivity index (χ0n) is 13.3. The van der Waals surface area contributed by atoms with Crippen molar-refractivity contribution >= 4 is 29.0 Å². The molecule has 0 radical (unpaired) electrons. The zero-order valence-corrected chi connectivity index (χ0v) is 14.1. The molecule has 0 aliphatic heterocycles. The molecule has 25 heavy (non-hydrogen) atoms. The molecule has 3 rings (SSSR count). The predicted molar refractivity (Wildman–Crippen MR) is 94.1 cm³/mol. The highest BCUT2D eigenvalue weighted by Crippen LogP contribution is 2.18. The van der Waals surface area contributed by atoms with Crippen LogP contribution in [0.25, 0.3) is 0 Å². The number of carbonyl (C=O) groups is 1. The van der Waals surface area contributed by atoms with Crippen molar-refractivity contribution in [1.82, 2.24) is 15.0 Å². The minimum atomic E-state index is -0.505. The molecule has 0 atom stereocenters. The third-order valence-electron chi connectivity index (χ3n) is 3.67. The Bertz CT molecular complexity index is 923. The number of aryl methyl sites for hydroxylation is 1. The molecular formula is C17H15ClFN5O. The van der Waals surface area contributed by atoms with Crippen molar-refractivity contribution < 1.29 is 9.18 Å². The zero-order chi connectivity index (χ0) is 18.0. The molecule has 0 spiro atoms. The van der Waals surface area contributed by atoms with Crippen LogP contribution in [-0.2, 0) is 6.54 Å². The van der Waals surface area contributed by atoms with E-state index in [9.17, 15) is 9.18 Å². The van der Waals surface area contributed by atoms with E-state index in [1.54, 1.807) is 19.1 Å². The second-order valence-electron chi connectivity index (χ2n) is 5.52. The normalized spacial score (nSPS) is 10.7. The van der Waals surface area contributed by atoms with Crippen molar-refractivity contribution in [2.45, 2.75) is 13.5 Å². The van der Waals surface area contributed by atoms with E-state index in [1.807, 2.05) is 12.1 Å². The van der Waals surface area contributed by atoms with E-state index in [1.165, 1.54) is 22.9 Å². The minimum Gasteiger partial charge on any atom is -0.382 e. The SMILES string of the molecule is Cc1cc(F)ccc1NC(=O)c1nnn(Cc2ccc(Cl)cc2)c1N. The van der Waals surface area contributed by atoms with Crippen molar-refractivity contribution in [3.05, 3.63) is 70.1 Å². The van der Waals surface area contributed by atoms with Gasteiger partial charge < -0.3 is 11.1 Å². The number of hydrogen-bond acceptors (Lipinski definition) is 4. The summed E-state index contributed by atoms with van der Waals surface area (Å²) >= 11 is 5.86. The summed E-state index contributed by atoms with van der Waals surface area (Å²) < 4.78 is 14.6. The van der Waals surface area contributed by atoms with Gasteiger partial charge in [0, 0.05) is 10.7 Å². The molecule has 0 unspecified atom stereocenters. The molecule has 0 bridgehead atoms. The predicted octanol–water partition coefficient (Wildman–Crippen LogP) is 3.26. The Morgan fingerprint density at radius 2 is 2.00 bits per heavy atom. The number of nitrogens with two attached hydrogens (primary N) is 1. The molecule has 0 fully saturated rings. The summed E-state index contributed by atoms with van der Waals surface area (Å²) in [4.78, 5) is 12.4. The van der Waals surface area contributed by atoms with Crippen LogP contribution in [0.2, 0.25) is 5.02 Å². The Balaban J connectivity index is 1.77. The molecule has 2 aromatic carbocycles. The molecule has 3 aromatic rings. The minimum absolute atomic E-state index is 0.0117. The number of nitrogens with zero attached hydrogens (tertiary/aromatic N) is 3. The molecule has 128 valence electrons. The van der Waals surface area contributed by atoms with Crippen LogP contribution in [0.5, 0.6) is 0 Å². The van der Waals surface area contributed by atoms with Gasteiger partial charge in [-0.1, -0.05) is 28.9 Å². The molecule has 0 aliphatic rings. The summed E-state index contributed by atoms with van der Waals surface area (Å²) in [5.41, 5.74) is 8.00. The first-order valence-electron chi connectivity index (χ1n) is 7.45. The fourth-order valence-corrected chi connectivity index (χ4v) is 2.44. The van der Waals surface area contributed by atoms with E-state index in [0.29, 0.717) is 22.8 Å². The van der Waals surface area contributed by atoms with Crippen LogP contribution in [0.15, 0.2) is 42.5 Å². The van der Waals surface area contributed by atoms with E-state index < -0.39 is 5.91 Å². The van der Waals surface area contributed by atoms with Gasteiger partial charge in [0.15, 0.2) is 11.5 Å². The van der Waals surface area contributed by atoms with Gasteiger partial charge in [0.2, 0.25) is 0 Å². The lowest BCUT2D eigenvalue weighted by Gasteiger charge is -2.07. The Morgan fingerprint density at radius 1 is 1.28 bits per heavy atom. The number of nitrogen functional groups attached to an aromatic ring is 1. The molecule has 0 saturated carbocycles. The molecule has 1 aromatic heterocycles. The van der Waals surface area contributed by atoms with Gasteiger partial charge in [-0.3, -0.25) is 4.79 Å². The van der Waals surface area contributed by atoms with Crippen LogP contribution >= 0.6 is 11.6 Å². The van der Waals surface area contributed by atoms with Gasteiger partial charge in [-0.2, -0.15) is 0 Å². The molecule has 8 heteroatoms. The number of nitrogens with one attached hydrogen (secondary N) is 1. The first-order chi connectivity index (χ1) is 11.9. The van der Waals surface area contributed by atoms with Gasteiger partial charge in [-0.15, -0.1) is 5.10 Å². The van der Waals surface area contributed by atoms with Crippen molar-refractivity contribution in [2.24, 2.45) is 0 Å². The Kier molecular flexibility index (Phi) is 4.67. The smallest absolute Gasteiger partial charge is 0.280 e. The standard InChI is InChI=1S/C17H15ClFN5O/c1-10-8-13(19)6-7-14(10)21-17(25)15-16(20)24(23-22-15)9-11-2-4-12(18)5-3-11/h2-8H,9,20H2,1H3,(H,21,25). The molecule has 0 saturated heterocycles. The van der Waals surface area contributed by atoms with Crippen molar-refractivity contribution in [3.63, 3.8) is 0 Å². The largest absolute Gasteiger partial charge is 0.382 e. The van der Waals surface area contributed by atoms with Crippen LogP contribution in [0, 0.1) is 12.7 Å². The van der Waals surface area contributed by atoms with Gasteiger partial charge in [0.25, 0.3) is 5.91 Å². The number of carbonyl (C=O) groups excluding carboxylic acids is 1. The van der Waals surface area contributed by atoms with Crippen LogP contribution in [0.1, 0.15) is 21.6 Å². The third kappa shape index (κ3) is 3.77. The van der Waals surface area contributed by atoms with E-state index in [2.05, 4.69) is 15.6 Å². The van der Waals surface area contributed by atoms with Gasteiger partial charge in [-0.25, -0.2) is 9.07 Å². The van der Waals surface area contributed by atoms with Gasteiger partial charge in [-0.05, 0) is 48.4 Å². The van der Waals surface area contributed by atoms with E-state index in [0.717, 1.165) is 5.56 Å². The number of rotatable bonds is 4. The molecule has 1 heterocycles. The molecular weight excluding hydrogens is 345 g/mol. The highest BCUT2D eigenvalue weighted by molar-refractivity contribution is 6.30. The van der Waals surface area contributed by atoms with Crippen LogP contribution < -0.4 is 11.1 Å². The molecule has 3 N–H and O–H groups in total. The average molecular weight is 360 g/mol. The van der Waals surface area contributed by atoms with Crippen LogP contribution in [-0.4, -0.2) is 20.9 Å². The van der Waals surface area contributed by atoms with E-state index >= 15 is 0 Å². The summed E-state index contributed by atoms with van der Waals surface area (Å²) in [6.45, 7) is 2.05. The number of aromatic nitrogens is 3. The number of benzene rings is 2. The first kappa shape index (κ1) is 16.9. The average Bonchev–Trinajstić information content (AvgIpc) is 2.93. The van der Waals surface area contributed by atoms with Crippen molar-refractivity contribution in [3.8, 4) is 0 Å². The Morgan fingerprint density at radius 3 is 2.68 bits per heavy atom. The second kappa shape index (κ2) is 6.90. The van der Waals surface area contributed by atoms with Gasteiger partial charge >= 0.3 is 0 Å². The first-order valence-corrected chi connectivity index (χ1v) is 7.83. The highest BCUT2D eigenvalue weighted by atomic mass is 35.5. The van der Waals surface area contributed by atoms with Gasteiger partial charge in [0.05, 0.1) is 6.54 Å². The van der Waals surface area contributed by atoms with Crippen molar-refractivity contribution in [2.75, 3.05) is 11.1 Å². The summed E-state index contributed by atoms with van der Waals surface area (Å²) in [6, 6.07) is 11.3. The lowest BCUT2D eigenvalue weighted by Crippen LogP contribution is -2.16. The van der Waals surface area contributed by atoms with E-state index in [4.69, 9.17) is 17.3 Å². The maximum Gasteiger partial charge on any atom is 0.280 e. The van der Waals surface area contributed by atoms with Gasteiger partial charge in [0.1, 0.15) is 5.82 Å². The number of halogens is 2. The van der Waals surface area contributed by atoms with Crippen LogP contribution in [0.3, 0.4) is 0 Å². The lowest BCUT2D eigenvalue weighted by molar-refractivity contribution is 0.102.